The van der Waals surface area contributed by atoms with Gasteiger partial charge in [-0.2, -0.15) is 0 Å². The Morgan fingerprint density at radius 3 is 2.00 bits per heavy atom. The third-order valence-corrected chi connectivity index (χ3v) is 2.65. The van der Waals surface area contributed by atoms with E-state index in [1.54, 1.807) is 13.8 Å². The Morgan fingerprint density at radius 2 is 1.53 bits per heavy atom. The fourth-order valence-electron chi connectivity index (χ4n) is 1.10. The molecule has 0 spiro atoms. The molecule has 0 fully saturated rings. The monoisotopic (exact) mass is 276 g/mol. The van der Waals surface area contributed by atoms with Gasteiger partial charge in [0, 0.05) is 12.6 Å². The lowest BCUT2D eigenvalue weighted by Crippen LogP contribution is -2.40. The van der Waals surface area contributed by atoms with Crippen LogP contribution in [0, 0.1) is 5.92 Å². The summed E-state index contributed by atoms with van der Waals surface area (Å²) in [6.45, 7) is 3.79. The van der Waals surface area contributed by atoms with Crippen molar-refractivity contribution in [2.75, 3.05) is 6.54 Å². The molecule has 0 aromatic carbocycles. The van der Waals surface area contributed by atoms with Gasteiger partial charge in [-0.05, 0) is 18.8 Å². The average Bonchev–Trinajstić information content (AvgIpc) is 2.39. The first-order valence-electron chi connectivity index (χ1n) is 6.18. The van der Waals surface area contributed by atoms with Crippen molar-refractivity contribution in [1.29, 1.82) is 0 Å². The fraction of sp³-hybridized carbons (Fsp3) is 0.818. The number of rotatable bonds is 7. The molecule has 0 aromatic rings. The zero-order chi connectivity index (χ0) is 15.0. The molecule has 0 amide bonds. The molecule has 19 heavy (non-hydrogen) atoms. The molecule has 8 N–H and O–H groups in total. The maximum absolute atomic E-state index is 11.4. The lowest BCUT2D eigenvalue weighted by molar-refractivity contribution is -0.261. The lowest BCUT2D eigenvalue weighted by Gasteiger charge is -2.15. The van der Waals surface area contributed by atoms with E-state index in [-0.39, 0.29) is 12.0 Å². The molecule has 8 heteroatoms. The number of carbonyl (C=O) groups excluding carboxylic acids is 2. The summed E-state index contributed by atoms with van der Waals surface area (Å²) >= 11 is 0. The van der Waals surface area contributed by atoms with Crippen molar-refractivity contribution in [3.8, 4) is 0 Å². The zero-order valence-corrected chi connectivity index (χ0v) is 11.4. The largest absolute Gasteiger partial charge is 0.372 e. The Hall–Kier alpha value is -1.22. The topological polar surface area (TPSA) is 157 Å². The van der Waals surface area contributed by atoms with E-state index in [1.165, 1.54) is 0 Å². The summed E-state index contributed by atoms with van der Waals surface area (Å²) < 4.78 is 0. The van der Waals surface area contributed by atoms with Gasteiger partial charge in [-0.15, -0.1) is 0 Å². The molecule has 0 saturated carbocycles. The SMILES string of the molecule is CC(C)[C@H](N)C(=O)OOC(=O)[C@@H](N)CCC(N)CN. The van der Waals surface area contributed by atoms with Gasteiger partial charge in [0.25, 0.3) is 0 Å². The fourth-order valence-corrected chi connectivity index (χ4v) is 1.10. The van der Waals surface area contributed by atoms with Crippen LogP contribution in [0.5, 0.6) is 0 Å². The molecule has 0 rings (SSSR count). The van der Waals surface area contributed by atoms with Gasteiger partial charge in [0.15, 0.2) is 0 Å². The van der Waals surface area contributed by atoms with Gasteiger partial charge in [0.05, 0.1) is 0 Å². The van der Waals surface area contributed by atoms with Crippen LogP contribution in [-0.4, -0.2) is 36.6 Å². The molecule has 0 aliphatic heterocycles. The molecule has 0 bridgehead atoms. The second-order valence-corrected chi connectivity index (χ2v) is 4.75. The highest BCUT2D eigenvalue weighted by atomic mass is 17.2. The molecule has 1 unspecified atom stereocenters. The highest BCUT2D eigenvalue weighted by Gasteiger charge is 2.24. The van der Waals surface area contributed by atoms with Gasteiger partial charge in [0.2, 0.25) is 0 Å². The van der Waals surface area contributed by atoms with Crippen LogP contribution in [0.4, 0.5) is 0 Å². The maximum atomic E-state index is 11.4. The van der Waals surface area contributed by atoms with Gasteiger partial charge in [-0.3, -0.25) is 0 Å². The van der Waals surface area contributed by atoms with E-state index in [2.05, 4.69) is 9.78 Å². The van der Waals surface area contributed by atoms with Crippen molar-refractivity contribution in [3.05, 3.63) is 0 Å². The smallest absolute Gasteiger partial charge is 0.329 e. The summed E-state index contributed by atoms with van der Waals surface area (Å²) in [7, 11) is 0. The van der Waals surface area contributed by atoms with Crippen LogP contribution in [0.25, 0.3) is 0 Å². The van der Waals surface area contributed by atoms with Crippen LogP contribution in [0.3, 0.4) is 0 Å². The van der Waals surface area contributed by atoms with Crippen molar-refractivity contribution in [3.63, 3.8) is 0 Å². The zero-order valence-electron chi connectivity index (χ0n) is 11.4. The van der Waals surface area contributed by atoms with Crippen LogP contribution >= 0.6 is 0 Å². The maximum Gasteiger partial charge on any atom is 0.372 e. The Labute approximate surface area is 112 Å². The number of carbonyl (C=O) groups is 2. The van der Waals surface area contributed by atoms with Crippen molar-refractivity contribution < 1.29 is 19.4 Å². The predicted octanol–water partition coefficient (Wildman–Crippen LogP) is -1.64. The summed E-state index contributed by atoms with van der Waals surface area (Å²) in [5.41, 5.74) is 22.0. The van der Waals surface area contributed by atoms with E-state index in [0.29, 0.717) is 19.4 Å². The van der Waals surface area contributed by atoms with Gasteiger partial charge >= 0.3 is 11.9 Å². The van der Waals surface area contributed by atoms with Crippen LogP contribution in [0.2, 0.25) is 0 Å². The number of hydrogen-bond acceptors (Lipinski definition) is 8. The van der Waals surface area contributed by atoms with E-state index in [1.807, 2.05) is 0 Å². The minimum atomic E-state index is -0.916. The van der Waals surface area contributed by atoms with Gasteiger partial charge in [0.1, 0.15) is 12.1 Å². The second-order valence-electron chi connectivity index (χ2n) is 4.75. The van der Waals surface area contributed by atoms with Crippen molar-refractivity contribution in [2.45, 2.75) is 44.8 Å². The van der Waals surface area contributed by atoms with E-state index in [9.17, 15) is 9.59 Å². The lowest BCUT2D eigenvalue weighted by atomic mass is 10.1. The Balaban J connectivity index is 4.00. The standard InChI is InChI=1S/C11H24N4O4/c1-6(2)9(15)11(17)19-18-10(16)8(14)4-3-7(13)5-12/h6-9H,3-5,12-15H2,1-2H3/t7?,8-,9-/m0/s1. The minimum Gasteiger partial charge on any atom is -0.329 e. The summed E-state index contributed by atoms with van der Waals surface area (Å²) in [6.07, 6.45) is 0.775. The van der Waals surface area contributed by atoms with Gasteiger partial charge < -0.3 is 22.9 Å². The van der Waals surface area contributed by atoms with Crippen molar-refractivity contribution in [2.24, 2.45) is 28.9 Å². The third-order valence-electron chi connectivity index (χ3n) is 2.65. The summed E-state index contributed by atoms with van der Waals surface area (Å²) in [6, 6.07) is -1.99. The highest BCUT2D eigenvalue weighted by Crippen LogP contribution is 2.03. The van der Waals surface area contributed by atoms with Crippen LogP contribution in [0.15, 0.2) is 0 Å². The number of hydrogen-bond donors (Lipinski definition) is 4. The van der Waals surface area contributed by atoms with E-state index in [4.69, 9.17) is 22.9 Å². The molecule has 8 nitrogen and oxygen atoms in total. The third kappa shape index (κ3) is 7.06. The molecule has 0 aromatic heterocycles. The average molecular weight is 276 g/mol. The summed E-state index contributed by atoms with van der Waals surface area (Å²) in [5.74, 6) is -1.77. The highest BCUT2D eigenvalue weighted by molar-refractivity contribution is 5.78. The second kappa shape index (κ2) is 8.81. The molecule has 0 aliphatic carbocycles. The first kappa shape index (κ1) is 17.8. The first-order valence-corrected chi connectivity index (χ1v) is 6.18. The normalized spacial score (nSPS) is 15.7. The van der Waals surface area contributed by atoms with E-state index < -0.39 is 24.0 Å². The Morgan fingerprint density at radius 1 is 1.00 bits per heavy atom. The van der Waals surface area contributed by atoms with Crippen LogP contribution in [-0.2, 0) is 19.4 Å². The Bertz CT molecular complexity index is 298. The Kier molecular flexibility index (Phi) is 8.24. The molecule has 0 radical (unpaired) electrons. The van der Waals surface area contributed by atoms with Crippen LogP contribution < -0.4 is 22.9 Å². The van der Waals surface area contributed by atoms with E-state index >= 15 is 0 Å². The van der Waals surface area contributed by atoms with Gasteiger partial charge in [-0.25, -0.2) is 19.4 Å². The van der Waals surface area contributed by atoms with E-state index in [0.717, 1.165) is 0 Å². The molecule has 0 aliphatic rings. The molecular formula is C11H24N4O4. The first-order chi connectivity index (χ1) is 8.79. The minimum absolute atomic E-state index is 0.123. The molecule has 3 atom stereocenters. The molecule has 0 heterocycles. The van der Waals surface area contributed by atoms with Crippen molar-refractivity contribution in [1.82, 2.24) is 0 Å². The quantitative estimate of drug-likeness (QED) is 0.318. The molecule has 0 saturated heterocycles. The molecule has 112 valence electrons. The summed E-state index contributed by atoms with van der Waals surface area (Å²) in [4.78, 5) is 31.4. The van der Waals surface area contributed by atoms with Crippen molar-refractivity contribution >= 4 is 11.9 Å². The van der Waals surface area contributed by atoms with Crippen LogP contribution in [0.1, 0.15) is 26.7 Å². The van der Waals surface area contributed by atoms with Gasteiger partial charge in [-0.1, -0.05) is 13.8 Å². The molecular weight excluding hydrogens is 252 g/mol. The number of nitrogens with two attached hydrogens (primary N) is 4. The summed E-state index contributed by atoms with van der Waals surface area (Å²) in [5, 5.41) is 0. The predicted molar refractivity (Wildman–Crippen MR) is 69.2 cm³/mol.